The summed E-state index contributed by atoms with van der Waals surface area (Å²) in [5, 5.41) is -0.257. The number of nitrogens with zero attached hydrogens (tertiary/aromatic N) is 1. The molecule has 0 atom stereocenters. The predicted molar refractivity (Wildman–Crippen MR) is 83.5 cm³/mol. The molecule has 140 valence electrons. The Morgan fingerprint density at radius 2 is 1.62 bits per heavy atom. The SMILES string of the molecule is CCCSc1c(C(=O)C(F)(F)F)cc(C(=O)C(F)(F)F)c2cccnc12. The Morgan fingerprint density at radius 1 is 1.04 bits per heavy atom. The van der Waals surface area contributed by atoms with Gasteiger partial charge in [0.15, 0.2) is 0 Å². The molecule has 0 N–H and O–H groups in total. The fourth-order valence-electron chi connectivity index (χ4n) is 2.23. The molecule has 2 rings (SSSR count). The molecular formula is C16H11F6NO2S. The molecule has 10 heteroatoms. The van der Waals surface area contributed by atoms with Crippen molar-refractivity contribution in [1.29, 1.82) is 0 Å². The lowest BCUT2D eigenvalue weighted by atomic mass is 9.98. The number of aromatic nitrogens is 1. The van der Waals surface area contributed by atoms with Gasteiger partial charge >= 0.3 is 12.4 Å². The van der Waals surface area contributed by atoms with Crippen molar-refractivity contribution >= 4 is 34.2 Å². The molecule has 0 bridgehead atoms. The second kappa shape index (κ2) is 7.26. The van der Waals surface area contributed by atoms with Gasteiger partial charge in [-0.1, -0.05) is 13.0 Å². The number of rotatable bonds is 5. The van der Waals surface area contributed by atoms with Crippen molar-refractivity contribution < 1.29 is 35.9 Å². The fourth-order valence-corrected chi connectivity index (χ4v) is 3.25. The number of pyridine rings is 1. The highest BCUT2D eigenvalue weighted by molar-refractivity contribution is 7.99. The first-order valence-corrected chi connectivity index (χ1v) is 8.24. The van der Waals surface area contributed by atoms with Gasteiger partial charge in [0, 0.05) is 27.6 Å². The van der Waals surface area contributed by atoms with Crippen LogP contribution in [-0.4, -0.2) is 34.7 Å². The second-order valence-corrected chi connectivity index (χ2v) is 6.31. The summed E-state index contributed by atoms with van der Waals surface area (Å²) >= 11 is 0.873. The topological polar surface area (TPSA) is 47.0 Å². The summed E-state index contributed by atoms with van der Waals surface area (Å²) in [4.78, 5) is 27.1. The zero-order chi connectivity index (χ0) is 19.7. The number of carbonyl (C=O) groups is 2. The molecule has 0 amide bonds. The van der Waals surface area contributed by atoms with Crippen LogP contribution in [0.3, 0.4) is 0 Å². The number of hydrogen-bond acceptors (Lipinski definition) is 4. The number of halogens is 6. The molecule has 0 fully saturated rings. The van der Waals surface area contributed by atoms with E-state index >= 15 is 0 Å². The van der Waals surface area contributed by atoms with Crippen LogP contribution < -0.4 is 0 Å². The lowest BCUT2D eigenvalue weighted by Gasteiger charge is -2.16. The lowest BCUT2D eigenvalue weighted by Crippen LogP contribution is -2.26. The quantitative estimate of drug-likeness (QED) is 0.395. The van der Waals surface area contributed by atoms with Gasteiger partial charge in [-0.15, -0.1) is 11.8 Å². The first-order valence-electron chi connectivity index (χ1n) is 7.26. The number of carbonyl (C=O) groups excluding carboxylic acids is 2. The Kier molecular flexibility index (Phi) is 5.64. The third-order valence-corrected chi connectivity index (χ3v) is 4.62. The van der Waals surface area contributed by atoms with E-state index in [1.165, 1.54) is 12.3 Å². The fraction of sp³-hybridized carbons (Fsp3) is 0.312. The Bertz CT molecular complexity index is 860. The number of fused-ring (bicyclic) bond motifs is 1. The number of hydrogen-bond donors (Lipinski definition) is 0. The van der Waals surface area contributed by atoms with E-state index in [0.29, 0.717) is 18.2 Å². The molecule has 0 aliphatic carbocycles. The first-order chi connectivity index (χ1) is 12.0. The van der Waals surface area contributed by atoms with Crippen molar-refractivity contribution in [2.45, 2.75) is 30.6 Å². The molecule has 2 aromatic rings. The van der Waals surface area contributed by atoms with E-state index in [0.717, 1.165) is 17.8 Å². The van der Waals surface area contributed by atoms with Gasteiger partial charge in [-0.3, -0.25) is 14.6 Å². The molecule has 3 nitrogen and oxygen atoms in total. The highest BCUT2D eigenvalue weighted by Gasteiger charge is 2.44. The molecule has 0 spiro atoms. The van der Waals surface area contributed by atoms with Crippen molar-refractivity contribution in [3.05, 3.63) is 35.5 Å². The van der Waals surface area contributed by atoms with E-state index in [-0.39, 0.29) is 15.8 Å². The molecule has 0 aliphatic heterocycles. The van der Waals surface area contributed by atoms with Gasteiger partial charge in [0.05, 0.1) is 5.52 Å². The van der Waals surface area contributed by atoms with Crippen LogP contribution in [0.15, 0.2) is 29.3 Å². The predicted octanol–water partition coefficient (Wildman–Crippen LogP) is 5.23. The maximum absolute atomic E-state index is 12.9. The minimum Gasteiger partial charge on any atom is -0.284 e. The van der Waals surface area contributed by atoms with Crippen LogP contribution in [0.1, 0.15) is 34.1 Å². The third kappa shape index (κ3) is 4.00. The zero-order valence-electron chi connectivity index (χ0n) is 13.2. The van der Waals surface area contributed by atoms with Crippen LogP contribution in [0.5, 0.6) is 0 Å². The molecular weight excluding hydrogens is 384 g/mol. The summed E-state index contributed by atoms with van der Waals surface area (Å²) in [6.45, 7) is 1.75. The minimum absolute atomic E-state index is 0.191. The average Bonchev–Trinajstić information content (AvgIpc) is 2.56. The number of thioether (sulfide) groups is 1. The minimum atomic E-state index is -5.31. The standard InChI is InChI=1S/C16H11F6NO2S/c1-2-6-26-12-10(14(25)16(20,21)22)7-9(13(24)15(17,18)19)8-4-3-5-23-11(8)12/h3-5,7H,2,6H2,1H3. The number of ketones is 2. The maximum atomic E-state index is 12.9. The molecule has 0 unspecified atom stereocenters. The summed E-state index contributed by atoms with van der Waals surface area (Å²) in [5.74, 6) is -4.34. The van der Waals surface area contributed by atoms with Gasteiger partial charge in [-0.05, 0) is 24.3 Å². The molecule has 26 heavy (non-hydrogen) atoms. The van der Waals surface area contributed by atoms with Crippen LogP contribution in [0.4, 0.5) is 26.3 Å². The second-order valence-electron chi connectivity index (χ2n) is 5.20. The smallest absolute Gasteiger partial charge is 0.284 e. The Labute approximate surface area is 147 Å². The molecule has 0 radical (unpaired) electrons. The largest absolute Gasteiger partial charge is 0.454 e. The van der Waals surface area contributed by atoms with E-state index in [1.54, 1.807) is 6.92 Å². The number of Topliss-reactive ketones (excluding diaryl/α,β-unsaturated/α-hetero) is 2. The summed E-state index contributed by atoms with van der Waals surface area (Å²) in [6.07, 6.45) is -8.90. The monoisotopic (exact) mass is 395 g/mol. The van der Waals surface area contributed by atoms with E-state index < -0.39 is 35.0 Å². The van der Waals surface area contributed by atoms with Crippen molar-refractivity contribution in [3.63, 3.8) is 0 Å². The molecule has 0 saturated carbocycles. The lowest BCUT2D eigenvalue weighted by molar-refractivity contribution is -0.0888. The van der Waals surface area contributed by atoms with E-state index in [4.69, 9.17) is 0 Å². The van der Waals surface area contributed by atoms with Gasteiger partial charge in [-0.25, -0.2) is 0 Å². The van der Waals surface area contributed by atoms with Crippen molar-refractivity contribution in [2.24, 2.45) is 0 Å². The van der Waals surface area contributed by atoms with Crippen LogP contribution in [-0.2, 0) is 0 Å². The molecule has 1 heterocycles. The summed E-state index contributed by atoms with van der Waals surface area (Å²) < 4.78 is 77.3. The van der Waals surface area contributed by atoms with Gasteiger partial charge in [-0.2, -0.15) is 26.3 Å². The van der Waals surface area contributed by atoms with Gasteiger partial charge in [0.2, 0.25) is 0 Å². The van der Waals surface area contributed by atoms with Crippen molar-refractivity contribution in [3.8, 4) is 0 Å². The van der Waals surface area contributed by atoms with E-state index in [2.05, 4.69) is 4.98 Å². The average molecular weight is 395 g/mol. The number of benzene rings is 1. The van der Waals surface area contributed by atoms with Crippen LogP contribution >= 0.6 is 11.8 Å². The molecule has 0 aliphatic rings. The Hall–Kier alpha value is -2.10. The maximum Gasteiger partial charge on any atom is 0.454 e. The summed E-state index contributed by atoms with van der Waals surface area (Å²) in [5.41, 5.74) is -2.28. The normalized spacial score (nSPS) is 12.4. The van der Waals surface area contributed by atoms with Crippen molar-refractivity contribution in [2.75, 3.05) is 5.75 Å². The van der Waals surface area contributed by atoms with Crippen molar-refractivity contribution in [1.82, 2.24) is 4.98 Å². The van der Waals surface area contributed by atoms with Gasteiger partial charge in [0.1, 0.15) is 0 Å². The zero-order valence-corrected chi connectivity index (χ0v) is 14.0. The first kappa shape index (κ1) is 20.2. The summed E-state index contributed by atoms with van der Waals surface area (Å²) in [6, 6.07) is 2.78. The number of alkyl halides is 6. The van der Waals surface area contributed by atoms with Crippen LogP contribution in [0, 0.1) is 0 Å². The highest BCUT2D eigenvalue weighted by Crippen LogP contribution is 2.38. The highest BCUT2D eigenvalue weighted by atomic mass is 32.2. The molecule has 1 aromatic heterocycles. The molecule has 1 aromatic carbocycles. The van der Waals surface area contributed by atoms with E-state index in [1.807, 2.05) is 0 Å². The Morgan fingerprint density at radius 3 is 2.15 bits per heavy atom. The molecule has 0 saturated heterocycles. The summed E-state index contributed by atoms with van der Waals surface area (Å²) in [7, 11) is 0. The van der Waals surface area contributed by atoms with Crippen LogP contribution in [0.2, 0.25) is 0 Å². The van der Waals surface area contributed by atoms with Gasteiger partial charge in [0.25, 0.3) is 11.6 Å². The van der Waals surface area contributed by atoms with Crippen LogP contribution in [0.25, 0.3) is 10.9 Å². The van der Waals surface area contributed by atoms with Gasteiger partial charge < -0.3 is 0 Å². The van der Waals surface area contributed by atoms with E-state index in [9.17, 15) is 35.9 Å². The third-order valence-electron chi connectivity index (χ3n) is 3.30. The Balaban J connectivity index is 2.86.